The van der Waals surface area contributed by atoms with Crippen molar-refractivity contribution < 1.29 is 0 Å². The minimum Gasteiger partial charge on any atom is -0.317 e. The molecule has 0 aliphatic rings. The Morgan fingerprint density at radius 1 is 1.33 bits per heavy atom. The molecule has 1 heterocycles. The molecule has 1 atom stereocenters. The van der Waals surface area contributed by atoms with Gasteiger partial charge in [-0.3, -0.25) is 0 Å². The van der Waals surface area contributed by atoms with E-state index in [4.69, 9.17) is 0 Å². The van der Waals surface area contributed by atoms with E-state index < -0.39 is 0 Å². The van der Waals surface area contributed by atoms with Crippen LogP contribution in [0.2, 0.25) is 0 Å². The summed E-state index contributed by atoms with van der Waals surface area (Å²) >= 11 is 1.87. The van der Waals surface area contributed by atoms with Crippen LogP contribution >= 0.6 is 11.3 Å². The van der Waals surface area contributed by atoms with Gasteiger partial charge >= 0.3 is 0 Å². The molecule has 0 fully saturated rings. The van der Waals surface area contributed by atoms with Crippen LogP contribution in [0.4, 0.5) is 0 Å². The zero-order valence-corrected chi connectivity index (χ0v) is 10.9. The van der Waals surface area contributed by atoms with E-state index in [2.05, 4.69) is 43.7 Å². The second kappa shape index (κ2) is 7.02. The van der Waals surface area contributed by atoms with Gasteiger partial charge in [-0.05, 0) is 37.3 Å². The van der Waals surface area contributed by atoms with Gasteiger partial charge in [0.05, 0.1) is 0 Å². The summed E-state index contributed by atoms with van der Waals surface area (Å²) < 4.78 is 0. The van der Waals surface area contributed by atoms with Crippen LogP contribution in [0.5, 0.6) is 0 Å². The smallest absolute Gasteiger partial charge is 0.0115 e. The largest absolute Gasteiger partial charge is 0.317 e. The highest BCUT2D eigenvalue weighted by Gasteiger charge is 2.13. The molecule has 15 heavy (non-hydrogen) atoms. The Bertz CT molecular complexity index is 239. The first-order valence-electron chi connectivity index (χ1n) is 5.99. The number of likely N-dealkylation sites (N-methyl/N-ethyl adjacent to an activating group) is 1. The van der Waals surface area contributed by atoms with E-state index in [0.717, 1.165) is 5.92 Å². The van der Waals surface area contributed by atoms with E-state index in [9.17, 15) is 0 Å². The molecule has 1 N–H and O–H groups in total. The number of hydrogen-bond donors (Lipinski definition) is 1. The van der Waals surface area contributed by atoms with Crippen molar-refractivity contribution >= 4 is 11.3 Å². The van der Waals surface area contributed by atoms with Gasteiger partial charge in [0.15, 0.2) is 0 Å². The summed E-state index contributed by atoms with van der Waals surface area (Å²) in [4.78, 5) is 1.50. The molecule has 1 nitrogen and oxygen atoms in total. The Balaban J connectivity index is 2.42. The third kappa shape index (κ3) is 4.35. The molecule has 0 bridgehead atoms. The van der Waals surface area contributed by atoms with Crippen LogP contribution in [0.1, 0.15) is 38.0 Å². The van der Waals surface area contributed by atoms with Crippen molar-refractivity contribution in [2.75, 3.05) is 7.05 Å². The molecule has 1 rings (SSSR count). The number of thiophene rings is 1. The Hall–Kier alpha value is -0.340. The minimum absolute atomic E-state index is 0.647. The van der Waals surface area contributed by atoms with E-state index in [1.165, 1.54) is 30.6 Å². The molecule has 0 aliphatic heterocycles. The summed E-state index contributed by atoms with van der Waals surface area (Å²) in [5, 5.41) is 5.61. The van der Waals surface area contributed by atoms with Crippen LogP contribution < -0.4 is 5.32 Å². The number of nitrogens with one attached hydrogen (secondary N) is 1. The average molecular weight is 225 g/mol. The SMILES string of the molecule is CCC(CC)CC(Cc1cccs1)NC. The van der Waals surface area contributed by atoms with E-state index in [-0.39, 0.29) is 0 Å². The third-order valence-corrected chi connectivity index (χ3v) is 4.11. The van der Waals surface area contributed by atoms with E-state index >= 15 is 0 Å². The summed E-state index contributed by atoms with van der Waals surface area (Å²) in [6, 6.07) is 5.03. The molecule has 86 valence electrons. The summed E-state index contributed by atoms with van der Waals surface area (Å²) in [6.45, 7) is 4.60. The topological polar surface area (TPSA) is 12.0 Å². The van der Waals surface area contributed by atoms with E-state index in [0.29, 0.717) is 6.04 Å². The van der Waals surface area contributed by atoms with Gasteiger partial charge in [0, 0.05) is 10.9 Å². The van der Waals surface area contributed by atoms with Crippen molar-refractivity contribution in [1.82, 2.24) is 5.32 Å². The highest BCUT2D eigenvalue weighted by molar-refractivity contribution is 7.09. The first-order valence-corrected chi connectivity index (χ1v) is 6.87. The number of hydrogen-bond acceptors (Lipinski definition) is 2. The Kier molecular flexibility index (Phi) is 5.96. The fourth-order valence-corrected chi connectivity index (χ4v) is 2.79. The predicted octanol–water partition coefficient (Wildman–Crippen LogP) is 3.70. The van der Waals surface area contributed by atoms with Gasteiger partial charge in [0.1, 0.15) is 0 Å². The van der Waals surface area contributed by atoms with E-state index in [1.807, 2.05) is 11.3 Å². The van der Waals surface area contributed by atoms with Crippen LogP contribution in [-0.4, -0.2) is 13.1 Å². The molecular formula is C13H23NS. The maximum Gasteiger partial charge on any atom is 0.0115 e. The predicted molar refractivity (Wildman–Crippen MR) is 69.6 cm³/mol. The Morgan fingerprint density at radius 3 is 2.53 bits per heavy atom. The van der Waals surface area contributed by atoms with Gasteiger partial charge in [0.2, 0.25) is 0 Å². The summed E-state index contributed by atoms with van der Waals surface area (Å²) in [5.41, 5.74) is 0. The maximum atomic E-state index is 3.45. The highest BCUT2D eigenvalue weighted by Crippen LogP contribution is 2.19. The average Bonchev–Trinajstić information content (AvgIpc) is 2.76. The maximum absolute atomic E-state index is 3.45. The first kappa shape index (κ1) is 12.7. The van der Waals surface area contributed by atoms with Crippen molar-refractivity contribution in [3.63, 3.8) is 0 Å². The fourth-order valence-electron chi connectivity index (χ4n) is 2.00. The van der Waals surface area contributed by atoms with E-state index in [1.54, 1.807) is 0 Å². The molecule has 0 amide bonds. The molecule has 1 unspecified atom stereocenters. The van der Waals surface area contributed by atoms with Crippen LogP contribution in [0.15, 0.2) is 17.5 Å². The summed E-state index contributed by atoms with van der Waals surface area (Å²) in [6.07, 6.45) is 5.10. The lowest BCUT2D eigenvalue weighted by Crippen LogP contribution is -2.29. The summed E-state index contributed by atoms with van der Waals surface area (Å²) in [7, 11) is 2.08. The van der Waals surface area contributed by atoms with Crippen molar-refractivity contribution in [1.29, 1.82) is 0 Å². The highest BCUT2D eigenvalue weighted by atomic mass is 32.1. The molecule has 0 saturated heterocycles. The van der Waals surface area contributed by atoms with Gasteiger partial charge in [-0.2, -0.15) is 0 Å². The fraction of sp³-hybridized carbons (Fsp3) is 0.692. The van der Waals surface area contributed by atoms with Crippen molar-refractivity contribution in [3.8, 4) is 0 Å². The molecule has 1 aromatic rings. The lowest BCUT2D eigenvalue weighted by molar-refractivity contribution is 0.378. The Morgan fingerprint density at radius 2 is 2.07 bits per heavy atom. The third-order valence-electron chi connectivity index (χ3n) is 3.21. The molecule has 0 saturated carbocycles. The lowest BCUT2D eigenvalue weighted by atomic mass is 9.93. The van der Waals surface area contributed by atoms with Crippen LogP contribution in [0, 0.1) is 5.92 Å². The quantitative estimate of drug-likeness (QED) is 0.746. The van der Waals surface area contributed by atoms with Gasteiger partial charge < -0.3 is 5.32 Å². The zero-order chi connectivity index (χ0) is 11.1. The summed E-state index contributed by atoms with van der Waals surface area (Å²) in [5.74, 6) is 0.877. The van der Waals surface area contributed by atoms with Crippen molar-refractivity contribution in [2.45, 2.75) is 45.6 Å². The van der Waals surface area contributed by atoms with Gasteiger partial charge in [-0.15, -0.1) is 11.3 Å². The molecule has 0 aromatic carbocycles. The molecule has 0 spiro atoms. The number of rotatable bonds is 7. The Labute approximate surface area is 97.9 Å². The van der Waals surface area contributed by atoms with Gasteiger partial charge in [0.25, 0.3) is 0 Å². The lowest BCUT2D eigenvalue weighted by Gasteiger charge is -2.20. The van der Waals surface area contributed by atoms with Gasteiger partial charge in [-0.25, -0.2) is 0 Å². The molecule has 1 aromatic heterocycles. The normalized spacial score (nSPS) is 13.3. The van der Waals surface area contributed by atoms with Crippen LogP contribution in [0.25, 0.3) is 0 Å². The van der Waals surface area contributed by atoms with Crippen molar-refractivity contribution in [3.05, 3.63) is 22.4 Å². The second-order valence-corrected chi connectivity index (χ2v) is 5.22. The zero-order valence-electron chi connectivity index (χ0n) is 10.1. The van der Waals surface area contributed by atoms with Crippen LogP contribution in [0.3, 0.4) is 0 Å². The molecular weight excluding hydrogens is 202 g/mol. The minimum atomic E-state index is 0.647. The second-order valence-electron chi connectivity index (χ2n) is 4.19. The first-order chi connectivity index (χ1) is 7.30. The molecule has 0 radical (unpaired) electrons. The van der Waals surface area contributed by atoms with Crippen LogP contribution in [-0.2, 0) is 6.42 Å². The van der Waals surface area contributed by atoms with Gasteiger partial charge in [-0.1, -0.05) is 32.8 Å². The standard InChI is InChI=1S/C13H23NS/c1-4-11(5-2)9-12(14-3)10-13-7-6-8-15-13/h6-8,11-12,14H,4-5,9-10H2,1-3H3. The monoisotopic (exact) mass is 225 g/mol. The molecule has 0 aliphatic carbocycles. The molecule has 2 heteroatoms. The van der Waals surface area contributed by atoms with Crippen molar-refractivity contribution in [2.24, 2.45) is 5.92 Å².